The summed E-state index contributed by atoms with van der Waals surface area (Å²) in [6.45, 7) is 0.120. The monoisotopic (exact) mass is 346 g/mol. The Labute approximate surface area is 145 Å². The smallest absolute Gasteiger partial charge is 0.407 e. The molecule has 2 unspecified atom stereocenters. The maximum absolute atomic E-state index is 11.6. The van der Waals surface area contributed by atoms with Crippen LogP contribution in [0.4, 0.5) is 4.79 Å². The van der Waals surface area contributed by atoms with E-state index in [2.05, 4.69) is 10.3 Å². The summed E-state index contributed by atoms with van der Waals surface area (Å²) in [4.78, 5) is 15.5. The number of carbonyl (C=O) groups excluding carboxylic acids is 1. The molecule has 7 nitrogen and oxygen atoms in total. The summed E-state index contributed by atoms with van der Waals surface area (Å²) in [5.41, 5.74) is 1.83. The number of nitrogens with zero attached hydrogens (tertiary/aromatic N) is 1. The Morgan fingerprint density at radius 3 is 2.64 bits per heavy atom. The quantitative estimate of drug-likeness (QED) is 0.573. The van der Waals surface area contributed by atoms with Crippen LogP contribution in [0.3, 0.4) is 0 Å². The Hall–Kier alpha value is -2.48. The SMILES string of the molecule is O=C(NCCC(O)C(O)c1cncc(CO)c1)OCc1ccccc1. The summed E-state index contributed by atoms with van der Waals surface area (Å²) in [5, 5.41) is 31.7. The first-order chi connectivity index (χ1) is 12.1. The molecule has 2 rings (SSSR count). The fourth-order valence-corrected chi connectivity index (χ4v) is 2.23. The van der Waals surface area contributed by atoms with Gasteiger partial charge in [0.1, 0.15) is 12.7 Å². The fourth-order valence-electron chi connectivity index (χ4n) is 2.23. The van der Waals surface area contributed by atoms with E-state index in [1.54, 1.807) is 6.07 Å². The lowest BCUT2D eigenvalue weighted by Crippen LogP contribution is -2.29. The predicted octanol–water partition coefficient (Wildman–Crippen LogP) is 1.28. The van der Waals surface area contributed by atoms with E-state index in [4.69, 9.17) is 9.84 Å². The molecule has 2 aromatic rings. The molecule has 1 heterocycles. The topological polar surface area (TPSA) is 112 Å². The molecule has 4 N–H and O–H groups in total. The molecule has 2 atom stereocenters. The lowest BCUT2D eigenvalue weighted by molar-refractivity contribution is 0.0133. The highest BCUT2D eigenvalue weighted by molar-refractivity contribution is 5.67. The molecular formula is C18H22N2O5. The largest absolute Gasteiger partial charge is 0.445 e. The third-order valence-electron chi connectivity index (χ3n) is 3.63. The zero-order valence-corrected chi connectivity index (χ0v) is 13.7. The van der Waals surface area contributed by atoms with E-state index in [9.17, 15) is 15.0 Å². The number of aromatic nitrogens is 1. The van der Waals surface area contributed by atoms with Gasteiger partial charge in [-0.15, -0.1) is 0 Å². The van der Waals surface area contributed by atoms with E-state index in [0.29, 0.717) is 11.1 Å². The van der Waals surface area contributed by atoms with Crippen molar-refractivity contribution >= 4 is 6.09 Å². The molecule has 0 saturated heterocycles. The van der Waals surface area contributed by atoms with Gasteiger partial charge in [0, 0.05) is 24.5 Å². The Morgan fingerprint density at radius 1 is 1.16 bits per heavy atom. The summed E-state index contributed by atoms with van der Waals surface area (Å²) >= 11 is 0. The van der Waals surface area contributed by atoms with Crippen LogP contribution >= 0.6 is 0 Å². The van der Waals surface area contributed by atoms with E-state index in [1.807, 2.05) is 30.3 Å². The van der Waals surface area contributed by atoms with E-state index >= 15 is 0 Å². The number of benzene rings is 1. The van der Waals surface area contributed by atoms with Gasteiger partial charge in [-0.25, -0.2) is 4.79 Å². The molecule has 0 aliphatic rings. The van der Waals surface area contributed by atoms with Crippen LogP contribution in [0.15, 0.2) is 48.8 Å². The number of ether oxygens (including phenoxy) is 1. The minimum absolute atomic E-state index is 0.144. The molecule has 0 radical (unpaired) electrons. The van der Waals surface area contributed by atoms with E-state index < -0.39 is 18.3 Å². The number of rotatable bonds is 8. The number of alkyl carbamates (subject to hydrolysis) is 1. The van der Waals surface area contributed by atoms with Crippen LogP contribution < -0.4 is 5.32 Å². The number of aliphatic hydroxyl groups is 3. The number of hydrogen-bond donors (Lipinski definition) is 4. The number of hydrogen-bond acceptors (Lipinski definition) is 6. The molecule has 1 aromatic heterocycles. The molecule has 7 heteroatoms. The molecule has 0 aliphatic carbocycles. The van der Waals surface area contributed by atoms with Gasteiger partial charge < -0.3 is 25.4 Å². The molecular weight excluding hydrogens is 324 g/mol. The number of carbonyl (C=O) groups is 1. The number of amides is 1. The van der Waals surface area contributed by atoms with Crippen LogP contribution in [0.1, 0.15) is 29.2 Å². The van der Waals surface area contributed by atoms with Crippen LogP contribution in [-0.4, -0.2) is 39.0 Å². The van der Waals surface area contributed by atoms with Crippen molar-refractivity contribution in [3.05, 3.63) is 65.5 Å². The summed E-state index contributed by atoms with van der Waals surface area (Å²) in [6, 6.07) is 10.9. The molecule has 0 bridgehead atoms. The molecule has 134 valence electrons. The Morgan fingerprint density at radius 2 is 1.92 bits per heavy atom. The molecule has 0 fully saturated rings. The Kier molecular flexibility index (Phi) is 7.34. The third-order valence-corrected chi connectivity index (χ3v) is 3.63. The van der Waals surface area contributed by atoms with Crippen LogP contribution in [-0.2, 0) is 18.0 Å². The summed E-state index contributed by atoms with van der Waals surface area (Å²) in [5.74, 6) is 0. The van der Waals surface area contributed by atoms with Crippen molar-refractivity contribution in [3.63, 3.8) is 0 Å². The van der Waals surface area contributed by atoms with Crippen molar-refractivity contribution in [3.8, 4) is 0 Å². The number of aliphatic hydroxyl groups excluding tert-OH is 3. The van der Waals surface area contributed by atoms with Gasteiger partial charge in [-0.05, 0) is 23.6 Å². The van der Waals surface area contributed by atoms with Crippen molar-refractivity contribution in [2.24, 2.45) is 0 Å². The average molecular weight is 346 g/mol. The first-order valence-electron chi connectivity index (χ1n) is 7.95. The maximum atomic E-state index is 11.6. The Bertz CT molecular complexity index is 666. The molecule has 1 aromatic carbocycles. The van der Waals surface area contributed by atoms with E-state index in [0.717, 1.165) is 5.56 Å². The van der Waals surface area contributed by atoms with Gasteiger partial charge >= 0.3 is 6.09 Å². The van der Waals surface area contributed by atoms with Gasteiger partial charge in [-0.1, -0.05) is 30.3 Å². The minimum Gasteiger partial charge on any atom is -0.445 e. The van der Waals surface area contributed by atoms with Crippen molar-refractivity contribution in [1.29, 1.82) is 0 Å². The van der Waals surface area contributed by atoms with Gasteiger partial charge in [0.15, 0.2) is 0 Å². The zero-order valence-electron chi connectivity index (χ0n) is 13.7. The second-order valence-electron chi connectivity index (χ2n) is 5.57. The van der Waals surface area contributed by atoms with Crippen molar-refractivity contribution < 1.29 is 24.9 Å². The highest BCUT2D eigenvalue weighted by atomic mass is 16.5. The molecule has 0 aliphatic heterocycles. The first kappa shape index (κ1) is 18.9. The van der Waals surface area contributed by atoms with Crippen molar-refractivity contribution in [2.45, 2.75) is 31.8 Å². The van der Waals surface area contributed by atoms with Crippen LogP contribution in [0, 0.1) is 0 Å². The first-order valence-corrected chi connectivity index (χ1v) is 7.95. The van der Waals surface area contributed by atoms with Gasteiger partial charge in [-0.2, -0.15) is 0 Å². The minimum atomic E-state index is -1.15. The predicted molar refractivity (Wildman–Crippen MR) is 90.4 cm³/mol. The van der Waals surface area contributed by atoms with Crippen LogP contribution in [0.2, 0.25) is 0 Å². The second kappa shape index (κ2) is 9.73. The molecule has 0 saturated carbocycles. The highest BCUT2D eigenvalue weighted by Crippen LogP contribution is 2.19. The molecule has 0 spiro atoms. The zero-order chi connectivity index (χ0) is 18.1. The van der Waals surface area contributed by atoms with Crippen LogP contribution in [0.5, 0.6) is 0 Å². The van der Waals surface area contributed by atoms with Gasteiger partial charge in [0.2, 0.25) is 0 Å². The third kappa shape index (κ3) is 6.15. The van der Waals surface area contributed by atoms with Crippen molar-refractivity contribution in [1.82, 2.24) is 10.3 Å². The second-order valence-corrected chi connectivity index (χ2v) is 5.57. The van der Waals surface area contributed by atoms with E-state index in [1.165, 1.54) is 12.4 Å². The van der Waals surface area contributed by atoms with Gasteiger partial charge in [0.05, 0.1) is 12.7 Å². The number of pyridine rings is 1. The lowest BCUT2D eigenvalue weighted by Gasteiger charge is -2.18. The summed E-state index contributed by atoms with van der Waals surface area (Å²) in [6.07, 6.45) is 0.229. The normalized spacial score (nSPS) is 13.1. The molecule has 1 amide bonds. The number of nitrogens with one attached hydrogen (secondary N) is 1. The maximum Gasteiger partial charge on any atom is 0.407 e. The lowest BCUT2D eigenvalue weighted by atomic mass is 10.0. The Balaban J connectivity index is 1.71. The highest BCUT2D eigenvalue weighted by Gasteiger charge is 2.19. The van der Waals surface area contributed by atoms with Gasteiger partial charge in [0.25, 0.3) is 0 Å². The fraction of sp³-hybridized carbons (Fsp3) is 0.333. The summed E-state index contributed by atoms with van der Waals surface area (Å²) < 4.78 is 5.05. The van der Waals surface area contributed by atoms with Gasteiger partial charge in [-0.3, -0.25) is 4.98 Å². The van der Waals surface area contributed by atoms with E-state index in [-0.39, 0.29) is 26.2 Å². The summed E-state index contributed by atoms with van der Waals surface area (Å²) in [7, 11) is 0. The molecule has 25 heavy (non-hydrogen) atoms. The van der Waals surface area contributed by atoms with Crippen molar-refractivity contribution in [2.75, 3.05) is 6.54 Å². The van der Waals surface area contributed by atoms with Crippen LogP contribution in [0.25, 0.3) is 0 Å². The standard InChI is InChI=1S/C18H22N2O5/c21-11-14-8-15(10-19-9-14)17(23)16(22)6-7-20-18(24)25-12-13-4-2-1-3-5-13/h1-5,8-10,16-17,21-23H,6-7,11-12H2,(H,20,24). The average Bonchev–Trinajstić information content (AvgIpc) is 2.66.